The van der Waals surface area contributed by atoms with E-state index in [1.54, 1.807) is 18.5 Å². The second kappa shape index (κ2) is 7.45. The average molecular weight is 290 g/mol. The number of aliphatic imine (C=N–C) groups is 1. The third-order valence-electron chi connectivity index (χ3n) is 2.63. The summed E-state index contributed by atoms with van der Waals surface area (Å²) in [5, 5.41) is 3.53. The summed E-state index contributed by atoms with van der Waals surface area (Å²) in [6.45, 7) is 1.18. The van der Waals surface area contributed by atoms with Crippen LogP contribution in [0.25, 0.3) is 0 Å². The molecular weight excluding hydrogens is 274 g/mol. The Morgan fingerprint density at radius 3 is 2.85 bits per heavy atom. The predicted molar refractivity (Wildman–Crippen MR) is 80.5 cm³/mol. The van der Waals surface area contributed by atoms with Gasteiger partial charge in [-0.05, 0) is 23.8 Å². The van der Waals surface area contributed by atoms with E-state index in [2.05, 4.69) is 20.3 Å². The molecule has 0 spiro atoms. The number of nitrogens with zero attached hydrogens (tertiary/aromatic N) is 3. The molecule has 0 radical (unpaired) electrons. The summed E-state index contributed by atoms with van der Waals surface area (Å²) in [6.07, 6.45) is 4.27. The van der Waals surface area contributed by atoms with E-state index >= 15 is 0 Å². The highest BCUT2D eigenvalue weighted by Crippen LogP contribution is 2.05. The minimum atomic E-state index is 0.413. The van der Waals surface area contributed by atoms with Crippen LogP contribution in [0.2, 0.25) is 5.15 Å². The molecule has 0 bridgehead atoms. The first-order valence-electron chi connectivity index (χ1n) is 6.28. The Bertz CT molecular complexity index is 554. The molecule has 0 unspecified atom stereocenters. The number of rotatable bonds is 5. The molecule has 0 aliphatic heterocycles. The van der Waals surface area contributed by atoms with Gasteiger partial charge < -0.3 is 11.1 Å². The summed E-state index contributed by atoms with van der Waals surface area (Å²) in [5.74, 6) is 0.413. The molecule has 0 amide bonds. The maximum atomic E-state index is 5.79. The molecule has 2 rings (SSSR count). The Hall–Kier alpha value is -2.14. The highest BCUT2D eigenvalue weighted by Gasteiger charge is 1.96. The maximum Gasteiger partial charge on any atom is 0.188 e. The van der Waals surface area contributed by atoms with Crippen molar-refractivity contribution in [2.45, 2.75) is 13.0 Å². The molecule has 0 saturated heterocycles. The second-order valence-electron chi connectivity index (χ2n) is 4.19. The van der Waals surface area contributed by atoms with Gasteiger partial charge in [-0.15, -0.1) is 0 Å². The summed E-state index contributed by atoms with van der Waals surface area (Å²) in [7, 11) is 0. The molecule has 0 aliphatic carbocycles. The van der Waals surface area contributed by atoms with Crippen molar-refractivity contribution >= 4 is 17.6 Å². The first-order valence-corrected chi connectivity index (χ1v) is 6.66. The topological polar surface area (TPSA) is 76.2 Å². The maximum absolute atomic E-state index is 5.79. The molecule has 3 N–H and O–H groups in total. The van der Waals surface area contributed by atoms with Crippen LogP contribution in [-0.2, 0) is 13.0 Å². The first-order chi connectivity index (χ1) is 9.74. The van der Waals surface area contributed by atoms with E-state index in [9.17, 15) is 0 Å². The number of guanidine groups is 1. The SMILES string of the molecule is NC(=NCc1ccc(Cl)nc1)NCCc1ccccn1. The van der Waals surface area contributed by atoms with E-state index in [4.69, 9.17) is 17.3 Å². The van der Waals surface area contributed by atoms with Crippen LogP contribution in [-0.4, -0.2) is 22.5 Å². The lowest BCUT2D eigenvalue weighted by Crippen LogP contribution is -2.33. The van der Waals surface area contributed by atoms with E-state index in [1.165, 1.54) is 0 Å². The number of halogens is 1. The van der Waals surface area contributed by atoms with E-state index in [-0.39, 0.29) is 0 Å². The molecule has 0 saturated carbocycles. The van der Waals surface area contributed by atoms with Crippen LogP contribution < -0.4 is 11.1 Å². The van der Waals surface area contributed by atoms with Crippen LogP contribution in [0.3, 0.4) is 0 Å². The van der Waals surface area contributed by atoms with Gasteiger partial charge in [0.05, 0.1) is 6.54 Å². The first kappa shape index (κ1) is 14.3. The van der Waals surface area contributed by atoms with Crippen molar-refractivity contribution in [3.05, 3.63) is 59.1 Å². The molecule has 0 atom stereocenters. The van der Waals surface area contributed by atoms with E-state index in [0.717, 1.165) is 17.7 Å². The van der Waals surface area contributed by atoms with Gasteiger partial charge in [-0.3, -0.25) is 4.98 Å². The van der Waals surface area contributed by atoms with Gasteiger partial charge in [0.25, 0.3) is 0 Å². The van der Waals surface area contributed by atoms with Gasteiger partial charge in [0.2, 0.25) is 0 Å². The monoisotopic (exact) mass is 289 g/mol. The predicted octanol–water partition coefficient (Wildman–Crippen LogP) is 1.78. The van der Waals surface area contributed by atoms with Crippen molar-refractivity contribution in [1.29, 1.82) is 0 Å². The van der Waals surface area contributed by atoms with Crippen molar-refractivity contribution in [3.8, 4) is 0 Å². The molecule has 0 aromatic carbocycles. The van der Waals surface area contributed by atoms with E-state index < -0.39 is 0 Å². The number of hydrogen-bond acceptors (Lipinski definition) is 3. The van der Waals surface area contributed by atoms with Crippen molar-refractivity contribution in [1.82, 2.24) is 15.3 Å². The highest BCUT2D eigenvalue weighted by molar-refractivity contribution is 6.29. The van der Waals surface area contributed by atoms with Crippen molar-refractivity contribution in [2.75, 3.05) is 6.54 Å². The molecule has 104 valence electrons. The Kier molecular flexibility index (Phi) is 5.32. The number of aromatic nitrogens is 2. The molecule has 6 heteroatoms. The lowest BCUT2D eigenvalue weighted by atomic mass is 10.3. The normalized spacial score (nSPS) is 11.3. The van der Waals surface area contributed by atoms with Crippen LogP contribution in [0.5, 0.6) is 0 Å². The minimum Gasteiger partial charge on any atom is -0.370 e. The smallest absolute Gasteiger partial charge is 0.188 e. The van der Waals surface area contributed by atoms with Gasteiger partial charge >= 0.3 is 0 Å². The summed E-state index contributed by atoms with van der Waals surface area (Å²) >= 11 is 5.71. The molecule has 0 aliphatic rings. The lowest BCUT2D eigenvalue weighted by molar-refractivity contribution is 0.827. The van der Waals surface area contributed by atoms with Crippen LogP contribution in [0.4, 0.5) is 0 Å². The summed E-state index contributed by atoms with van der Waals surface area (Å²) < 4.78 is 0. The van der Waals surface area contributed by atoms with Gasteiger partial charge in [-0.2, -0.15) is 0 Å². The lowest BCUT2D eigenvalue weighted by Gasteiger charge is -2.05. The van der Waals surface area contributed by atoms with Gasteiger partial charge in [0.1, 0.15) is 5.15 Å². The fourth-order valence-corrected chi connectivity index (χ4v) is 1.71. The quantitative estimate of drug-likeness (QED) is 0.500. The standard InChI is InChI=1S/C14H16ClN5/c15-13-5-4-11(9-19-13)10-20-14(16)18-8-6-12-3-1-2-7-17-12/h1-5,7,9H,6,8,10H2,(H3,16,18,20). The third-order valence-corrected chi connectivity index (χ3v) is 2.86. The molecule has 20 heavy (non-hydrogen) atoms. The van der Waals surface area contributed by atoms with Crippen molar-refractivity contribution in [3.63, 3.8) is 0 Å². The third kappa shape index (κ3) is 4.85. The molecule has 2 aromatic rings. The largest absolute Gasteiger partial charge is 0.370 e. The Labute approximate surface area is 122 Å². The van der Waals surface area contributed by atoms with Gasteiger partial charge in [-0.1, -0.05) is 23.7 Å². The number of nitrogens with two attached hydrogens (primary N) is 1. The van der Waals surface area contributed by atoms with Gasteiger partial charge in [0.15, 0.2) is 5.96 Å². The van der Waals surface area contributed by atoms with E-state index in [0.29, 0.717) is 24.2 Å². The Balaban J connectivity index is 1.75. The van der Waals surface area contributed by atoms with E-state index in [1.807, 2.05) is 24.3 Å². The van der Waals surface area contributed by atoms with Crippen molar-refractivity contribution < 1.29 is 0 Å². The van der Waals surface area contributed by atoms with Crippen LogP contribution >= 0.6 is 11.6 Å². The van der Waals surface area contributed by atoms with Crippen LogP contribution in [0.15, 0.2) is 47.7 Å². The zero-order valence-electron chi connectivity index (χ0n) is 11.0. The minimum absolute atomic E-state index is 0.413. The fourth-order valence-electron chi connectivity index (χ4n) is 1.60. The second-order valence-corrected chi connectivity index (χ2v) is 4.58. The number of nitrogens with one attached hydrogen (secondary N) is 1. The fraction of sp³-hybridized carbons (Fsp3) is 0.214. The van der Waals surface area contributed by atoms with Crippen LogP contribution in [0, 0.1) is 0 Å². The molecular formula is C14H16ClN5. The average Bonchev–Trinajstić information content (AvgIpc) is 2.48. The number of pyridine rings is 2. The highest BCUT2D eigenvalue weighted by atomic mass is 35.5. The summed E-state index contributed by atoms with van der Waals surface area (Å²) in [4.78, 5) is 12.5. The van der Waals surface area contributed by atoms with Crippen LogP contribution in [0.1, 0.15) is 11.3 Å². The zero-order chi connectivity index (χ0) is 14.2. The van der Waals surface area contributed by atoms with Crippen molar-refractivity contribution in [2.24, 2.45) is 10.7 Å². The Morgan fingerprint density at radius 1 is 1.25 bits per heavy atom. The molecule has 0 fully saturated rings. The zero-order valence-corrected chi connectivity index (χ0v) is 11.7. The summed E-state index contributed by atoms with van der Waals surface area (Å²) in [5.41, 5.74) is 7.77. The molecule has 2 aromatic heterocycles. The van der Waals surface area contributed by atoms with Gasteiger partial charge in [0, 0.05) is 31.1 Å². The molecule has 2 heterocycles. The van der Waals surface area contributed by atoms with Gasteiger partial charge in [-0.25, -0.2) is 9.98 Å². The Morgan fingerprint density at radius 2 is 2.15 bits per heavy atom. The number of hydrogen-bond donors (Lipinski definition) is 2. The summed E-state index contributed by atoms with van der Waals surface area (Å²) in [6, 6.07) is 9.45. The molecule has 5 nitrogen and oxygen atoms in total.